The number of aliphatic hydroxyl groups is 1. The first kappa shape index (κ1) is 19.8. The van der Waals surface area contributed by atoms with Crippen LogP contribution in [0.3, 0.4) is 0 Å². The van der Waals surface area contributed by atoms with Crippen LogP contribution >= 0.6 is 11.6 Å². The van der Waals surface area contributed by atoms with E-state index in [1.807, 2.05) is 11.8 Å². The predicted molar refractivity (Wildman–Crippen MR) is 95.4 cm³/mol. The molecule has 1 aromatic carbocycles. The predicted octanol–water partition coefficient (Wildman–Crippen LogP) is 2.79. The van der Waals surface area contributed by atoms with Crippen molar-refractivity contribution in [3.63, 3.8) is 0 Å². The number of halogens is 1. The fourth-order valence-electron chi connectivity index (χ4n) is 3.64. The van der Waals surface area contributed by atoms with Gasteiger partial charge in [-0.1, -0.05) is 24.9 Å². The zero-order chi connectivity index (χ0) is 18.6. The van der Waals surface area contributed by atoms with E-state index < -0.39 is 17.5 Å². The smallest absolute Gasteiger partial charge is 0.312 e. The molecule has 6 nitrogen and oxygen atoms in total. The Morgan fingerprint density at radius 3 is 2.64 bits per heavy atom. The number of piperidine rings is 1. The van der Waals surface area contributed by atoms with Crippen molar-refractivity contribution in [2.24, 2.45) is 5.41 Å². The van der Waals surface area contributed by atoms with E-state index in [1.54, 1.807) is 26.4 Å². The summed E-state index contributed by atoms with van der Waals surface area (Å²) in [6.45, 7) is 3.32. The zero-order valence-electron chi connectivity index (χ0n) is 14.9. The molecule has 1 aliphatic rings. The molecule has 1 aliphatic heterocycles. The maximum atomic E-state index is 11.7. The van der Waals surface area contributed by atoms with Gasteiger partial charge in [0.1, 0.15) is 0 Å². The van der Waals surface area contributed by atoms with Gasteiger partial charge < -0.3 is 19.7 Å². The van der Waals surface area contributed by atoms with Crippen LogP contribution in [0.25, 0.3) is 0 Å². The van der Waals surface area contributed by atoms with E-state index in [2.05, 4.69) is 0 Å². The summed E-state index contributed by atoms with van der Waals surface area (Å²) in [4.78, 5) is 13.8. The SMILES string of the molecule is CCC[C@]1(C(=O)O)CCN(Cc2cc(Cl)cc(OC)c2OC)C[C@@H]1O. The number of nitrogens with zero attached hydrogens (tertiary/aromatic N) is 1. The molecule has 1 aromatic rings. The number of carbonyl (C=O) groups is 1. The topological polar surface area (TPSA) is 79.2 Å². The number of hydrogen-bond acceptors (Lipinski definition) is 5. The van der Waals surface area contributed by atoms with Crippen LogP contribution in [0.1, 0.15) is 31.7 Å². The Hall–Kier alpha value is -1.50. The van der Waals surface area contributed by atoms with Crippen molar-refractivity contribution >= 4 is 17.6 Å². The highest BCUT2D eigenvalue weighted by Gasteiger charge is 2.47. The van der Waals surface area contributed by atoms with E-state index in [-0.39, 0.29) is 0 Å². The van der Waals surface area contributed by atoms with Gasteiger partial charge in [0.05, 0.1) is 25.7 Å². The molecule has 1 saturated heterocycles. The van der Waals surface area contributed by atoms with E-state index in [0.717, 1.165) is 12.0 Å². The van der Waals surface area contributed by atoms with Gasteiger partial charge in [-0.25, -0.2) is 0 Å². The third kappa shape index (κ3) is 4.02. The number of aliphatic carboxylic acids is 1. The highest BCUT2D eigenvalue weighted by atomic mass is 35.5. The van der Waals surface area contributed by atoms with Crippen LogP contribution < -0.4 is 9.47 Å². The number of β-amino-alcohol motifs (C(OH)–C–C–N with tert-alkyl or cyclic N) is 1. The Morgan fingerprint density at radius 1 is 1.40 bits per heavy atom. The van der Waals surface area contributed by atoms with Gasteiger partial charge in [-0.2, -0.15) is 0 Å². The standard InChI is InChI=1S/C18H26ClNO5/c1-4-5-18(17(22)23)6-7-20(11-15(18)21)10-12-8-13(19)9-14(24-2)16(12)25-3/h8-9,15,21H,4-7,10-11H2,1-3H3,(H,22,23)/t15-,18-/m0/s1. The second-order valence-electron chi connectivity index (χ2n) is 6.51. The second kappa shape index (κ2) is 8.25. The summed E-state index contributed by atoms with van der Waals surface area (Å²) in [5, 5.41) is 20.7. The number of carboxylic acid groups (broad SMARTS) is 1. The number of methoxy groups -OCH3 is 2. The van der Waals surface area contributed by atoms with Crippen LogP contribution in [0.2, 0.25) is 5.02 Å². The average Bonchev–Trinajstić information content (AvgIpc) is 2.56. The fraction of sp³-hybridized carbons (Fsp3) is 0.611. The summed E-state index contributed by atoms with van der Waals surface area (Å²) in [5.41, 5.74) is -0.209. The zero-order valence-corrected chi connectivity index (χ0v) is 15.7. The monoisotopic (exact) mass is 371 g/mol. The molecule has 7 heteroatoms. The maximum absolute atomic E-state index is 11.7. The lowest BCUT2D eigenvalue weighted by molar-refractivity contribution is -0.164. The van der Waals surface area contributed by atoms with E-state index in [9.17, 15) is 15.0 Å². The molecule has 0 amide bonds. The van der Waals surface area contributed by atoms with Crippen molar-refractivity contribution in [1.82, 2.24) is 4.90 Å². The third-order valence-corrected chi connectivity index (χ3v) is 5.20. The quantitative estimate of drug-likeness (QED) is 0.767. The van der Waals surface area contributed by atoms with Gasteiger partial charge in [0.25, 0.3) is 0 Å². The number of hydrogen-bond donors (Lipinski definition) is 2. The third-order valence-electron chi connectivity index (χ3n) is 4.98. The lowest BCUT2D eigenvalue weighted by Gasteiger charge is -2.42. The van der Waals surface area contributed by atoms with Gasteiger partial charge in [0.2, 0.25) is 0 Å². The van der Waals surface area contributed by atoms with Crippen LogP contribution in [-0.2, 0) is 11.3 Å². The summed E-state index contributed by atoms with van der Waals surface area (Å²) in [5.74, 6) is 0.238. The molecule has 25 heavy (non-hydrogen) atoms. The van der Waals surface area contributed by atoms with Crippen LogP contribution in [-0.4, -0.2) is 54.5 Å². The van der Waals surface area contributed by atoms with E-state index in [1.165, 1.54) is 0 Å². The molecule has 0 aromatic heterocycles. The van der Waals surface area contributed by atoms with Crippen molar-refractivity contribution in [1.29, 1.82) is 0 Å². The normalized spacial score (nSPS) is 24.1. The molecule has 140 valence electrons. The summed E-state index contributed by atoms with van der Waals surface area (Å²) >= 11 is 6.15. The highest BCUT2D eigenvalue weighted by Crippen LogP contribution is 2.39. The first-order chi connectivity index (χ1) is 11.9. The summed E-state index contributed by atoms with van der Waals surface area (Å²) in [6, 6.07) is 3.49. The molecular formula is C18H26ClNO5. The minimum absolute atomic E-state index is 0.296. The van der Waals surface area contributed by atoms with Crippen molar-refractivity contribution in [2.75, 3.05) is 27.3 Å². The van der Waals surface area contributed by atoms with Gasteiger partial charge >= 0.3 is 5.97 Å². The molecule has 0 spiro atoms. The van der Waals surface area contributed by atoms with Gasteiger partial charge in [0, 0.05) is 29.7 Å². The molecular weight excluding hydrogens is 346 g/mol. The minimum atomic E-state index is -1.05. The molecule has 0 aliphatic carbocycles. The number of ether oxygens (including phenoxy) is 2. The molecule has 2 atom stereocenters. The van der Waals surface area contributed by atoms with E-state index >= 15 is 0 Å². The van der Waals surface area contributed by atoms with Crippen LogP contribution in [0.5, 0.6) is 11.5 Å². The summed E-state index contributed by atoms with van der Waals surface area (Å²) in [6.07, 6.45) is 0.705. The molecule has 2 rings (SSSR count). The van der Waals surface area contributed by atoms with Crippen molar-refractivity contribution in [3.8, 4) is 11.5 Å². The van der Waals surface area contributed by atoms with Crippen molar-refractivity contribution in [3.05, 3.63) is 22.7 Å². The Kier molecular flexibility index (Phi) is 6.54. The summed E-state index contributed by atoms with van der Waals surface area (Å²) < 4.78 is 10.8. The van der Waals surface area contributed by atoms with E-state index in [4.69, 9.17) is 21.1 Å². The van der Waals surface area contributed by atoms with E-state index in [0.29, 0.717) is 49.0 Å². The molecule has 0 saturated carbocycles. The minimum Gasteiger partial charge on any atom is -0.493 e. The lowest BCUT2D eigenvalue weighted by atomic mass is 9.72. The van der Waals surface area contributed by atoms with Crippen LogP contribution in [0.4, 0.5) is 0 Å². The molecule has 2 N–H and O–H groups in total. The lowest BCUT2D eigenvalue weighted by Crippen LogP contribution is -2.54. The Balaban J connectivity index is 2.19. The number of rotatable bonds is 7. The molecule has 1 fully saturated rings. The van der Waals surface area contributed by atoms with Crippen molar-refractivity contribution < 1.29 is 24.5 Å². The molecule has 0 unspecified atom stereocenters. The fourth-order valence-corrected chi connectivity index (χ4v) is 3.87. The van der Waals surface area contributed by atoms with Crippen LogP contribution in [0, 0.1) is 5.41 Å². The Morgan fingerprint density at radius 2 is 2.12 bits per heavy atom. The Labute approximate surface area is 153 Å². The first-order valence-corrected chi connectivity index (χ1v) is 8.80. The first-order valence-electron chi connectivity index (χ1n) is 8.42. The Bertz CT molecular complexity index is 624. The van der Waals surface area contributed by atoms with Crippen LogP contribution in [0.15, 0.2) is 12.1 Å². The van der Waals surface area contributed by atoms with Gasteiger partial charge in [0.15, 0.2) is 11.5 Å². The number of aliphatic hydroxyl groups excluding tert-OH is 1. The molecule has 0 bridgehead atoms. The number of carboxylic acids is 1. The molecule has 0 radical (unpaired) electrons. The van der Waals surface area contributed by atoms with Gasteiger partial charge in [-0.05, 0) is 25.5 Å². The van der Waals surface area contributed by atoms with Gasteiger partial charge in [-0.3, -0.25) is 9.69 Å². The van der Waals surface area contributed by atoms with Gasteiger partial charge in [-0.15, -0.1) is 0 Å². The maximum Gasteiger partial charge on any atom is 0.312 e. The average molecular weight is 372 g/mol. The second-order valence-corrected chi connectivity index (χ2v) is 6.95. The summed E-state index contributed by atoms with van der Waals surface area (Å²) in [7, 11) is 3.12. The molecule has 1 heterocycles. The number of likely N-dealkylation sites (tertiary alicyclic amines) is 1. The van der Waals surface area contributed by atoms with Crippen molar-refractivity contribution in [2.45, 2.75) is 38.8 Å². The largest absolute Gasteiger partial charge is 0.493 e. The number of benzene rings is 1. The highest BCUT2D eigenvalue weighted by molar-refractivity contribution is 6.30.